The van der Waals surface area contributed by atoms with E-state index in [9.17, 15) is 33.6 Å². The fraction of sp³-hybridized carbons (Fsp3) is 0.655. The van der Waals surface area contributed by atoms with E-state index in [-0.39, 0.29) is 32.5 Å². The Bertz CT molecular complexity index is 1200. The van der Waals surface area contributed by atoms with Gasteiger partial charge in [0, 0.05) is 18.5 Å². The number of ether oxygens (including phenoxy) is 2. The number of rotatable bonds is 8. The summed E-state index contributed by atoms with van der Waals surface area (Å²) in [5.41, 5.74) is -0.544. The molecule has 4 atom stereocenters. The van der Waals surface area contributed by atoms with Gasteiger partial charge in [-0.3, -0.25) is 14.5 Å². The van der Waals surface area contributed by atoms with Crippen molar-refractivity contribution in [1.82, 2.24) is 20.4 Å². The molecule has 4 N–H and O–H groups in total. The fourth-order valence-electron chi connectivity index (χ4n) is 5.23. The third-order valence-corrected chi connectivity index (χ3v) is 7.36. The van der Waals surface area contributed by atoms with Crippen molar-refractivity contribution in [2.75, 3.05) is 6.54 Å². The maximum Gasteiger partial charge on any atom is 0.475 e. The number of amides is 4. The van der Waals surface area contributed by atoms with Gasteiger partial charge < -0.3 is 35.1 Å². The van der Waals surface area contributed by atoms with Crippen LogP contribution in [0.3, 0.4) is 0 Å². The van der Waals surface area contributed by atoms with Crippen LogP contribution in [-0.2, 0) is 32.2 Å². The van der Waals surface area contributed by atoms with Crippen LogP contribution in [0.2, 0.25) is 0 Å². The van der Waals surface area contributed by atoms with Gasteiger partial charge in [-0.1, -0.05) is 46.2 Å². The Kier molecular flexibility index (Phi) is 10.7. The van der Waals surface area contributed by atoms with Crippen molar-refractivity contribution in [3.8, 4) is 0 Å². The summed E-state index contributed by atoms with van der Waals surface area (Å²) in [6.07, 6.45) is -1.66. The first-order chi connectivity index (χ1) is 19.9. The van der Waals surface area contributed by atoms with Gasteiger partial charge in [0.2, 0.25) is 11.8 Å². The SMILES string of the molecule is CCC[C@H](NC(=O)[C@@H]1C[C@@H](OC(=O)N2Cc3cccc(F)c3C2)CN1C(=O)[C@@H](NC(=O)OC(C)(C)C)C(C)(C)C)B(O)O. The van der Waals surface area contributed by atoms with Crippen LogP contribution in [0, 0.1) is 11.2 Å². The maximum absolute atomic E-state index is 14.2. The molecule has 0 unspecified atom stereocenters. The van der Waals surface area contributed by atoms with E-state index in [2.05, 4.69) is 10.6 Å². The van der Waals surface area contributed by atoms with Gasteiger partial charge in [0.1, 0.15) is 29.6 Å². The van der Waals surface area contributed by atoms with Gasteiger partial charge in [-0.05, 0) is 44.2 Å². The molecule has 2 heterocycles. The van der Waals surface area contributed by atoms with E-state index in [0.717, 1.165) is 0 Å². The highest BCUT2D eigenvalue weighted by Gasteiger charge is 2.47. The molecule has 1 saturated heterocycles. The van der Waals surface area contributed by atoms with Crippen LogP contribution in [0.15, 0.2) is 18.2 Å². The molecule has 238 valence electrons. The van der Waals surface area contributed by atoms with Crippen LogP contribution in [-0.4, -0.2) is 87.2 Å². The second-order valence-corrected chi connectivity index (χ2v) is 13.2. The molecular formula is C29H44BFN4O8. The summed E-state index contributed by atoms with van der Waals surface area (Å²) in [6.45, 7) is 12.2. The first kappa shape index (κ1) is 34.1. The normalized spacial score (nSPS) is 19.8. The lowest BCUT2D eigenvalue weighted by Gasteiger charge is -2.36. The minimum absolute atomic E-state index is 0.0269. The number of nitrogens with one attached hydrogen (secondary N) is 2. The molecule has 2 aliphatic heterocycles. The van der Waals surface area contributed by atoms with Crippen LogP contribution in [0.5, 0.6) is 0 Å². The summed E-state index contributed by atoms with van der Waals surface area (Å²) in [4.78, 5) is 55.8. The number of hydrogen-bond acceptors (Lipinski definition) is 8. The van der Waals surface area contributed by atoms with Gasteiger partial charge in [0.25, 0.3) is 0 Å². The summed E-state index contributed by atoms with van der Waals surface area (Å²) < 4.78 is 25.3. The number of nitrogens with zero attached hydrogens (tertiary/aromatic N) is 2. The van der Waals surface area contributed by atoms with Gasteiger partial charge >= 0.3 is 19.3 Å². The van der Waals surface area contributed by atoms with Crippen molar-refractivity contribution in [1.29, 1.82) is 0 Å². The smallest absolute Gasteiger partial charge is 0.444 e. The van der Waals surface area contributed by atoms with Crippen LogP contribution in [0.4, 0.5) is 14.0 Å². The van der Waals surface area contributed by atoms with E-state index in [0.29, 0.717) is 17.5 Å². The molecule has 0 radical (unpaired) electrons. The van der Waals surface area contributed by atoms with Crippen LogP contribution >= 0.6 is 0 Å². The van der Waals surface area contributed by atoms with Gasteiger partial charge in [-0.15, -0.1) is 0 Å². The lowest BCUT2D eigenvalue weighted by molar-refractivity contribution is -0.142. The van der Waals surface area contributed by atoms with Gasteiger partial charge in [0.05, 0.1) is 19.0 Å². The van der Waals surface area contributed by atoms with Gasteiger partial charge in [-0.25, -0.2) is 14.0 Å². The van der Waals surface area contributed by atoms with Crippen molar-refractivity contribution in [3.05, 3.63) is 35.1 Å². The Balaban J connectivity index is 1.83. The number of halogens is 1. The third kappa shape index (κ3) is 8.82. The summed E-state index contributed by atoms with van der Waals surface area (Å²) in [6, 6.07) is 2.37. The first-order valence-corrected chi connectivity index (χ1v) is 14.6. The molecule has 2 aliphatic rings. The number of carbonyl (C=O) groups is 4. The van der Waals surface area contributed by atoms with Crippen molar-refractivity contribution in [2.24, 2.45) is 5.41 Å². The minimum Gasteiger partial charge on any atom is -0.444 e. The molecule has 0 aliphatic carbocycles. The lowest BCUT2D eigenvalue weighted by Crippen LogP contribution is -2.59. The van der Waals surface area contributed by atoms with Crippen molar-refractivity contribution in [3.63, 3.8) is 0 Å². The standard InChI is InChI=1S/C29H44BFN4O8/c1-8-10-22(30(40)41)32-24(36)21-13-18(42-27(39)34-14-17-11-9-12-20(31)19(17)16-34)15-35(21)25(37)23(28(2,3)4)33-26(38)43-29(5,6)7/h9,11-12,18,21-23,40-41H,8,10,13-16H2,1-7H3,(H,32,36)(H,33,38)/t18-,21+,22+,23-/m1/s1. The Morgan fingerprint density at radius 1 is 1.09 bits per heavy atom. The fourth-order valence-corrected chi connectivity index (χ4v) is 5.23. The molecule has 0 aromatic heterocycles. The monoisotopic (exact) mass is 606 g/mol. The molecule has 1 fully saturated rings. The van der Waals surface area contributed by atoms with E-state index in [1.54, 1.807) is 53.7 Å². The number of alkyl carbamates (subject to hydrolysis) is 1. The summed E-state index contributed by atoms with van der Waals surface area (Å²) in [5.74, 6) is -2.64. The summed E-state index contributed by atoms with van der Waals surface area (Å²) in [7, 11) is -1.82. The van der Waals surface area contributed by atoms with E-state index < -0.39 is 72.1 Å². The van der Waals surface area contributed by atoms with Crippen molar-refractivity contribution in [2.45, 2.75) is 111 Å². The van der Waals surface area contributed by atoms with Crippen LogP contribution in [0.25, 0.3) is 0 Å². The van der Waals surface area contributed by atoms with Crippen molar-refractivity contribution < 1.29 is 43.1 Å². The lowest BCUT2D eigenvalue weighted by atomic mass is 9.76. The average molecular weight is 607 g/mol. The predicted molar refractivity (Wildman–Crippen MR) is 156 cm³/mol. The molecule has 4 amide bonds. The van der Waals surface area contributed by atoms with Gasteiger partial charge in [-0.2, -0.15) is 0 Å². The maximum atomic E-state index is 14.2. The van der Waals surface area contributed by atoms with E-state index in [4.69, 9.17) is 9.47 Å². The zero-order valence-electron chi connectivity index (χ0n) is 26.0. The molecule has 43 heavy (non-hydrogen) atoms. The van der Waals surface area contributed by atoms with Crippen molar-refractivity contribution >= 4 is 31.1 Å². The average Bonchev–Trinajstić information content (AvgIpc) is 3.50. The second-order valence-electron chi connectivity index (χ2n) is 13.2. The zero-order chi connectivity index (χ0) is 32.3. The highest BCUT2D eigenvalue weighted by atomic mass is 19.1. The van der Waals surface area contributed by atoms with E-state index in [1.807, 2.05) is 6.92 Å². The first-order valence-electron chi connectivity index (χ1n) is 14.6. The number of likely N-dealkylation sites (tertiary alicyclic amines) is 1. The number of benzene rings is 1. The van der Waals surface area contributed by atoms with Crippen LogP contribution < -0.4 is 10.6 Å². The predicted octanol–water partition coefficient (Wildman–Crippen LogP) is 2.48. The molecule has 0 saturated carbocycles. The quantitative estimate of drug-likeness (QED) is 0.329. The Hall–Kier alpha value is -3.39. The van der Waals surface area contributed by atoms with E-state index >= 15 is 0 Å². The molecule has 1 aromatic carbocycles. The number of carbonyl (C=O) groups excluding carboxylic acids is 4. The topological polar surface area (TPSA) is 158 Å². The molecule has 3 rings (SSSR count). The molecular weight excluding hydrogens is 562 g/mol. The number of fused-ring (bicyclic) bond motifs is 1. The third-order valence-electron chi connectivity index (χ3n) is 7.36. The Morgan fingerprint density at radius 2 is 1.77 bits per heavy atom. The van der Waals surface area contributed by atoms with E-state index in [1.165, 1.54) is 15.9 Å². The largest absolute Gasteiger partial charge is 0.475 e. The Labute approximate surface area is 252 Å². The van der Waals surface area contributed by atoms with Crippen LogP contribution in [0.1, 0.15) is 78.9 Å². The molecule has 14 heteroatoms. The summed E-state index contributed by atoms with van der Waals surface area (Å²) >= 11 is 0. The Morgan fingerprint density at radius 3 is 2.33 bits per heavy atom. The second kappa shape index (κ2) is 13.5. The molecule has 1 aromatic rings. The molecule has 0 bridgehead atoms. The molecule has 0 spiro atoms. The van der Waals surface area contributed by atoms with Gasteiger partial charge in [0.15, 0.2) is 0 Å². The molecule has 12 nitrogen and oxygen atoms in total. The zero-order valence-corrected chi connectivity index (χ0v) is 26.0. The highest BCUT2D eigenvalue weighted by molar-refractivity contribution is 6.43. The highest BCUT2D eigenvalue weighted by Crippen LogP contribution is 2.30. The number of hydrogen-bond donors (Lipinski definition) is 4. The summed E-state index contributed by atoms with van der Waals surface area (Å²) in [5, 5.41) is 24.8. The minimum atomic E-state index is -1.82.